The van der Waals surface area contributed by atoms with Gasteiger partial charge in [-0.05, 0) is 49.3 Å². The first-order valence-electron chi connectivity index (χ1n) is 13.9. The maximum atomic E-state index is 11.7. The lowest BCUT2D eigenvalue weighted by Crippen LogP contribution is -2.51. The van der Waals surface area contributed by atoms with Crippen LogP contribution in [0.25, 0.3) is 21.9 Å². The number of carbonyl (C=O) groups excluding carboxylic acids is 1. The molecule has 1 saturated carbocycles. The number of pyridine rings is 1. The molecule has 3 aromatic heterocycles. The summed E-state index contributed by atoms with van der Waals surface area (Å²) >= 11 is 0. The third-order valence-electron chi connectivity index (χ3n) is 8.20. The van der Waals surface area contributed by atoms with Gasteiger partial charge in [-0.1, -0.05) is 18.2 Å². The molecule has 3 aliphatic rings. The lowest BCUT2D eigenvalue weighted by Gasteiger charge is -2.34. The molecule has 39 heavy (non-hydrogen) atoms. The average molecular weight is 528 g/mol. The molecular formula is C28H33N9O2. The van der Waals surface area contributed by atoms with E-state index in [1.165, 1.54) is 12.8 Å². The van der Waals surface area contributed by atoms with E-state index in [1.54, 1.807) is 4.90 Å². The monoisotopic (exact) mass is 527 g/mol. The SMILES string of the molecule is NC(=O)N1CCN(c2nc(N[C@@H](c3cnc4ccccc4c3)C3CC3)c3c(cnn3C3CCOCC3)n2)CC1. The van der Waals surface area contributed by atoms with Crippen LogP contribution in [0.2, 0.25) is 0 Å². The molecule has 4 aromatic rings. The van der Waals surface area contributed by atoms with Crippen LogP contribution in [-0.4, -0.2) is 75.1 Å². The molecule has 11 nitrogen and oxygen atoms in total. The highest BCUT2D eigenvalue weighted by molar-refractivity contribution is 5.87. The molecule has 1 atom stereocenters. The van der Waals surface area contributed by atoms with Gasteiger partial charge < -0.3 is 25.6 Å². The molecule has 202 valence electrons. The van der Waals surface area contributed by atoms with Gasteiger partial charge in [0.25, 0.3) is 0 Å². The van der Waals surface area contributed by atoms with Crippen LogP contribution >= 0.6 is 0 Å². The van der Waals surface area contributed by atoms with Gasteiger partial charge in [0.15, 0.2) is 5.82 Å². The van der Waals surface area contributed by atoms with Gasteiger partial charge in [-0.25, -0.2) is 9.78 Å². The Hall–Kier alpha value is -3.99. The molecule has 11 heteroatoms. The van der Waals surface area contributed by atoms with E-state index < -0.39 is 0 Å². The largest absolute Gasteiger partial charge is 0.381 e. The van der Waals surface area contributed by atoms with E-state index >= 15 is 0 Å². The number of carbonyl (C=O) groups is 1. The summed E-state index contributed by atoms with van der Waals surface area (Å²) in [5.41, 5.74) is 9.41. The fourth-order valence-electron chi connectivity index (χ4n) is 5.83. The number of nitrogens with two attached hydrogens (primary N) is 1. The van der Waals surface area contributed by atoms with Crippen molar-refractivity contribution < 1.29 is 9.53 Å². The van der Waals surface area contributed by atoms with E-state index in [0.29, 0.717) is 38.0 Å². The zero-order chi connectivity index (χ0) is 26.3. The number of hydrogen-bond acceptors (Lipinski definition) is 8. The van der Waals surface area contributed by atoms with E-state index in [1.807, 2.05) is 24.5 Å². The molecule has 7 rings (SSSR count). The summed E-state index contributed by atoms with van der Waals surface area (Å²) in [6.45, 7) is 3.81. The molecule has 3 N–H and O–H groups in total. The second-order valence-corrected chi connectivity index (χ2v) is 10.8. The lowest BCUT2D eigenvalue weighted by molar-refractivity contribution is 0.0675. The van der Waals surface area contributed by atoms with Crippen molar-refractivity contribution in [1.29, 1.82) is 0 Å². The van der Waals surface area contributed by atoms with Crippen LogP contribution in [0.4, 0.5) is 16.6 Å². The van der Waals surface area contributed by atoms with Crippen LogP contribution < -0.4 is 16.0 Å². The maximum absolute atomic E-state index is 11.7. The van der Waals surface area contributed by atoms with Crippen molar-refractivity contribution in [2.24, 2.45) is 11.7 Å². The third kappa shape index (κ3) is 4.71. The summed E-state index contributed by atoms with van der Waals surface area (Å²) in [7, 11) is 0. The van der Waals surface area contributed by atoms with Gasteiger partial charge in [-0.15, -0.1) is 0 Å². The van der Waals surface area contributed by atoms with E-state index in [9.17, 15) is 4.79 Å². The first-order chi connectivity index (χ1) is 19.1. The van der Waals surface area contributed by atoms with Crippen LogP contribution in [0.5, 0.6) is 0 Å². The van der Waals surface area contributed by atoms with Gasteiger partial charge in [0, 0.05) is 51.0 Å². The highest BCUT2D eigenvalue weighted by Gasteiger charge is 2.34. The Morgan fingerprint density at radius 2 is 1.79 bits per heavy atom. The van der Waals surface area contributed by atoms with Gasteiger partial charge in [0.2, 0.25) is 5.95 Å². The predicted molar refractivity (Wildman–Crippen MR) is 149 cm³/mol. The first-order valence-corrected chi connectivity index (χ1v) is 13.9. The minimum Gasteiger partial charge on any atom is -0.381 e. The van der Waals surface area contributed by atoms with Gasteiger partial charge in [0.05, 0.1) is 23.8 Å². The van der Waals surface area contributed by atoms with E-state index in [0.717, 1.165) is 59.4 Å². The molecule has 2 saturated heterocycles. The molecule has 0 radical (unpaired) electrons. The molecule has 0 unspecified atom stereocenters. The second-order valence-electron chi connectivity index (χ2n) is 10.8. The molecule has 1 aromatic carbocycles. The smallest absolute Gasteiger partial charge is 0.314 e. The molecule has 2 aliphatic heterocycles. The number of hydrogen-bond donors (Lipinski definition) is 2. The van der Waals surface area contributed by atoms with E-state index in [-0.39, 0.29) is 18.1 Å². The molecule has 0 spiro atoms. The number of nitrogens with zero attached hydrogens (tertiary/aromatic N) is 7. The average Bonchev–Trinajstić information content (AvgIpc) is 3.73. The quantitative estimate of drug-likeness (QED) is 0.390. The number of primary amides is 1. The van der Waals surface area contributed by atoms with Gasteiger partial charge in [0.1, 0.15) is 11.0 Å². The highest BCUT2D eigenvalue weighted by Crippen LogP contribution is 2.44. The van der Waals surface area contributed by atoms with E-state index in [4.69, 9.17) is 30.5 Å². The van der Waals surface area contributed by atoms with Crippen LogP contribution in [0.1, 0.15) is 43.3 Å². The Kier molecular flexibility index (Phi) is 6.15. The van der Waals surface area contributed by atoms with Crippen molar-refractivity contribution in [3.63, 3.8) is 0 Å². The molecule has 0 bridgehead atoms. The van der Waals surface area contributed by atoms with Crippen LogP contribution in [0.3, 0.4) is 0 Å². The van der Waals surface area contributed by atoms with Crippen molar-refractivity contribution in [2.75, 3.05) is 49.6 Å². The van der Waals surface area contributed by atoms with E-state index in [2.05, 4.69) is 33.1 Å². The van der Waals surface area contributed by atoms with Crippen molar-refractivity contribution in [3.8, 4) is 0 Å². The number of amides is 2. The molecule has 1 aliphatic carbocycles. The Morgan fingerprint density at radius 1 is 1.00 bits per heavy atom. The van der Waals surface area contributed by atoms with Gasteiger partial charge in [-0.2, -0.15) is 10.1 Å². The van der Waals surface area contributed by atoms with Crippen molar-refractivity contribution >= 4 is 39.7 Å². The number of para-hydroxylation sites is 1. The Labute approximate surface area is 226 Å². The molecule has 3 fully saturated rings. The normalized spacial score (nSPS) is 19.5. The number of piperazine rings is 1. The highest BCUT2D eigenvalue weighted by atomic mass is 16.5. The zero-order valence-electron chi connectivity index (χ0n) is 21.9. The zero-order valence-corrected chi connectivity index (χ0v) is 21.9. The Bertz CT molecular complexity index is 1500. The number of nitrogens with one attached hydrogen (secondary N) is 1. The molecular weight excluding hydrogens is 494 g/mol. The Morgan fingerprint density at radius 3 is 2.56 bits per heavy atom. The minimum atomic E-state index is -0.387. The predicted octanol–water partition coefficient (Wildman–Crippen LogP) is 3.49. The number of fused-ring (bicyclic) bond motifs is 2. The number of benzene rings is 1. The van der Waals surface area contributed by atoms with Crippen molar-refractivity contribution in [1.82, 2.24) is 29.6 Å². The summed E-state index contributed by atoms with van der Waals surface area (Å²) < 4.78 is 7.72. The topological polar surface area (TPSA) is 127 Å². The first kappa shape index (κ1) is 24.1. The Balaban J connectivity index is 1.28. The van der Waals surface area contributed by atoms with Crippen LogP contribution in [0.15, 0.2) is 42.7 Å². The fraction of sp³-hybridized carbons (Fsp3) is 0.464. The summed E-state index contributed by atoms with van der Waals surface area (Å²) in [5, 5.41) is 9.78. The summed E-state index contributed by atoms with van der Waals surface area (Å²) in [6.07, 6.45) is 8.00. The summed E-state index contributed by atoms with van der Waals surface area (Å²) in [6, 6.07) is 10.4. The van der Waals surface area contributed by atoms with Crippen molar-refractivity contribution in [2.45, 2.75) is 37.8 Å². The number of aromatic nitrogens is 5. The second kappa shape index (κ2) is 9.96. The third-order valence-corrected chi connectivity index (χ3v) is 8.20. The van der Waals surface area contributed by atoms with Crippen molar-refractivity contribution in [3.05, 3.63) is 48.3 Å². The number of anilines is 2. The molecule has 2 amide bonds. The number of rotatable bonds is 6. The van der Waals surface area contributed by atoms with Gasteiger partial charge >= 0.3 is 6.03 Å². The lowest BCUT2D eigenvalue weighted by atomic mass is 10.0. The molecule has 5 heterocycles. The minimum absolute atomic E-state index is 0.0813. The maximum Gasteiger partial charge on any atom is 0.314 e. The number of urea groups is 1. The van der Waals surface area contributed by atoms with Crippen LogP contribution in [-0.2, 0) is 4.74 Å². The van der Waals surface area contributed by atoms with Gasteiger partial charge in [-0.3, -0.25) is 9.67 Å². The standard InChI is InChI=1S/C28H33N9O2/c29-27(38)35-9-11-36(12-10-35)28-32-23-17-31-37(21-7-13-39-14-8-21)25(23)26(34-28)33-24(18-5-6-18)20-15-19-3-1-2-4-22(19)30-16-20/h1-4,15-18,21,24H,5-14H2,(H2,29,38)(H,32,33,34)/t24-/m1/s1. The fourth-order valence-corrected chi connectivity index (χ4v) is 5.83. The van der Waals surface area contributed by atoms with Crippen LogP contribution in [0, 0.1) is 5.92 Å². The summed E-state index contributed by atoms with van der Waals surface area (Å²) in [5.74, 6) is 1.95. The number of ether oxygens (including phenoxy) is 1. The summed E-state index contributed by atoms with van der Waals surface area (Å²) in [4.78, 5) is 30.2.